The number of carbonyl (C=O) groups is 2. The summed E-state index contributed by atoms with van der Waals surface area (Å²) in [5.41, 5.74) is 6.29. The molecule has 1 saturated heterocycles. The molecule has 0 unspecified atom stereocenters. The average molecular weight is 371 g/mol. The molecule has 0 spiro atoms. The lowest BCUT2D eigenvalue weighted by atomic mass is 10.2. The van der Waals surface area contributed by atoms with Crippen LogP contribution in [0.1, 0.15) is 16.8 Å². The fraction of sp³-hybridized carbons (Fsp3) is 0.300. The maximum absolute atomic E-state index is 12.9. The van der Waals surface area contributed by atoms with Crippen molar-refractivity contribution in [2.24, 2.45) is 0 Å². The molecule has 0 aliphatic carbocycles. The number of hydrazine groups is 1. The molecular formula is C20H24FN4O2+. The van der Waals surface area contributed by atoms with Crippen LogP contribution in [0.5, 0.6) is 0 Å². The van der Waals surface area contributed by atoms with Gasteiger partial charge in [-0.15, -0.1) is 0 Å². The van der Waals surface area contributed by atoms with Crippen LogP contribution in [0.4, 0.5) is 10.1 Å². The largest absolute Gasteiger partial charge is 0.360 e. The predicted octanol–water partition coefficient (Wildman–Crippen LogP) is 0.382. The maximum atomic E-state index is 12.9. The lowest BCUT2D eigenvalue weighted by Crippen LogP contribution is -3.15. The highest BCUT2D eigenvalue weighted by molar-refractivity contribution is 5.95. The van der Waals surface area contributed by atoms with E-state index in [1.54, 1.807) is 0 Å². The van der Waals surface area contributed by atoms with E-state index in [1.165, 1.54) is 34.9 Å². The van der Waals surface area contributed by atoms with Crippen molar-refractivity contribution in [3.8, 4) is 0 Å². The molecule has 142 valence electrons. The highest BCUT2D eigenvalue weighted by atomic mass is 19.1. The molecule has 27 heavy (non-hydrogen) atoms. The Hall–Kier alpha value is -2.93. The molecule has 1 fully saturated rings. The van der Waals surface area contributed by atoms with Gasteiger partial charge in [-0.25, -0.2) is 4.39 Å². The van der Waals surface area contributed by atoms with Crippen LogP contribution in [-0.2, 0) is 4.79 Å². The average Bonchev–Trinajstić information content (AvgIpc) is 2.72. The first-order chi connectivity index (χ1) is 13.1. The van der Waals surface area contributed by atoms with Gasteiger partial charge in [-0.2, -0.15) is 0 Å². The number of para-hydroxylation sites is 1. The van der Waals surface area contributed by atoms with E-state index in [0.717, 1.165) is 32.7 Å². The van der Waals surface area contributed by atoms with E-state index >= 15 is 0 Å². The van der Waals surface area contributed by atoms with Gasteiger partial charge in [0.25, 0.3) is 5.91 Å². The van der Waals surface area contributed by atoms with Crippen LogP contribution >= 0.6 is 0 Å². The summed E-state index contributed by atoms with van der Waals surface area (Å²) in [6.45, 7) is 4.60. The Bertz CT molecular complexity index is 759. The van der Waals surface area contributed by atoms with Crippen LogP contribution in [0.3, 0.4) is 0 Å². The molecule has 3 rings (SSSR count). The number of amides is 2. The molecule has 0 bridgehead atoms. The van der Waals surface area contributed by atoms with Crippen molar-refractivity contribution < 1.29 is 18.9 Å². The number of nitrogens with zero attached hydrogens (tertiary/aromatic N) is 1. The van der Waals surface area contributed by atoms with E-state index < -0.39 is 11.7 Å². The van der Waals surface area contributed by atoms with Gasteiger partial charge in [0.1, 0.15) is 5.82 Å². The first-order valence-electron chi connectivity index (χ1n) is 9.10. The third-order valence-corrected chi connectivity index (χ3v) is 4.72. The third kappa shape index (κ3) is 5.52. The Morgan fingerprint density at radius 1 is 0.963 bits per heavy atom. The molecule has 1 heterocycles. The van der Waals surface area contributed by atoms with E-state index in [-0.39, 0.29) is 5.91 Å². The van der Waals surface area contributed by atoms with Crippen molar-refractivity contribution in [2.45, 2.75) is 6.42 Å². The van der Waals surface area contributed by atoms with Crippen molar-refractivity contribution in [3.05, 3.63) is 66.0 Å². The molecule has 2 amide bonds. The number of piperazine rings is 1. The zero-order chi connectivity index (χ0) is 19.1. The van der Waals surface area contributed by atoms with Crippen molar-refractivity contribution >= 4 is 17.5 Å². The number of benzene rings is 2. The van der Waals surface area contributed by atoms with Crippen molar-refractivity contribution in [3.63, 3.8) is 0 Å². The summed E-state index contributed by atoms with van der Waals surface area (Å²) < 4.78 is 12.9. The summed E-state index contributed by atoms with van der Waals surface area (Å²) in [6, 6.07) is 15.5. The third-order valence-electron chi connectivity index (χ3n) is 4.72. The summed E-state index contributed by atoms with van der Waals surface area (Å²) in [7, 11) is 0. The summed E-state index contributed by atoms with van der Waals surface area (Å²) in [6.07, 6.45) is 0.338. The van der Waals surface area contributed by atoms with E-state index in [0.29, 0.717) is 12.0 Å². The van der Waals surface area contributed by atoms with Crippen molar-refractivity contribution in [1.29, 1.82) is 0 Å². The van der Waals surface area contributed by atoms with Crippen LogP contribution in [0.25, 0.3) is 0 Å². The Kier molecular flexibility index (Phi) is 6.38. The fourth-order valence-electron chi connectivity index (χ4n) is 3.12. The van der Waals surface area contributed by atoms with Crippen molar-refractivity contribution in [1.82, 2.24) is 10.9 Å². The van der Waals surface area contributed by atoms with Gasteiger partial charge < -0.3 is 9.80 Å². The van der Waals surface area contributed by atoms with Gasteiger partial charge in [0.15, 0.2) is 0 Å². The first kappa shape index (κ1) is 18.8. The van der Waals surface area contributed by atoms with Crippen LogP contribution < -0.4 is 20.7 Å². The molecule has 0 radical (unpaired) electrons. The summed E-state index contributed by atoms with van der Waals surface area (Å²) >= 11 is 0. The zero-order valence-corrected chi connectivity index (χ0v) is 15.1. The van der Waals surface area contributed by atoms with Gasteiger partial charge in [-0.3, -0.25) is 20.4 Å². The zero-order valence-electron chi connectivity index (χ0n) is 15.1. The summed E-state index contributed by atoms with van der Waals surface area (Å²) in [4.78, 5) is 27.6. The molecule has 6 nitrogen and oxygen atoms in total. The second-order valence-electron chi connectivity index (χ2n) is 6.58. The SMILES string of the molecule is O=C(CC[NH+]1CCN(c2ccccc2)CC1)NNC(=O)c1ccc(F)cc1. The van der Waals surface area contributed by atoms with Crippen LogP contribution in [0, 0.1) is 5.82 Å². The van der Waals surface area contributed by atoms with Gasteiger partial charge in [-0.1, -0.05) is 18.2 Å². The normalized spacial score (nSPS) is 14.6. The number of hydrogen-bond donors (Lipinski definition) is 3. The predicted molar refractivity (Wildman–Crippen MR) is 101 cm³/mol. The molecular weight excluding hydrogens is 347 g/mol. The quantitative estimate of drug-likeness (QED) is 0.666. The molecule has 1 aliphatic heterocycles. The highest BCUT2D eigenvalue weighted by Gasteiger charge is 2.20. The molecule has 0 saturated carbocycles. The Morgan fingerprint density at radius 2 is 1.63 bits per heavy atom. The standard InChI is InChI=1S/C20H23FN4O2/c21-17-8-6-16(7-9-17)20(27)23-22-19(26)10-11-24-12-14-25(15-13-24)18-4-2-1-3-5-18/h1-9H,10-15H2,(H,22,26)(H,23,27)/p+1. The molecule has 0 atom stereocenters. The Balaban J connectivity index is 1.35. The lowest BCUT2D eigenvalue weighted by Gasteiger charge is -2.33. The number of carbonyl (C=O) groups excluding carboxylic acids is 2. The molecule has 2 aromatic carbocycles. The van der Waals surface area contributed by atoms with E-state index in [9.17, 15) is 14.0 Å². The van der Waals surface area contributed by atoms with Crippen molar-refractivity contribution in [2.75, 3.05) is 37.6 Å². The lowest BCUT2D eigenvalue weighted by molar-refractivity contribution is -0.900. The molecule has 3 N–H and O–H groups in total. The summed E-state index contributed by atoms with van der Waals surface area (Å²) in [5.74, 6) is -1.11. The second-order valence-corrected chi connectivity index (χ2v) is 6.58. The van der Waals surface area contributed by atoms with E-state index in [1.807, 2.05) is 18.2 Å². The number of quaternary nitrogens is 1. The van der Waals surface area contributed by atoms with Gasteiger partial charge in [0, 0.05) is 11.3 Å². The smallest absolute Gasteiger partial charge is 0.269 e. The fourth-order valence-corrected chi connectivity index (χ4v) is 3.12. The molecule has 1 aliphatic rings. The molecule has 0 aromatic heterocycles. The highest BCUT2D eigenvalue weighted by Crippen LogP contribution is 2.12. The Labute approximate surface area is 157 Å². The first-order valence-corrected chi connectivity index (χ1v) is 9.10. The molecule has 2 aromatic rings. The minimum Gasteiger partial charge on any atom is -0.360 e. The number of rotatable bonds is 5. The van der Waals surface area contributed by atoms with Gasteiger partial charge in [0.05, 0.1) is 39.1 Å². The van der Waals surface area contributed by atoms with Crippen LogP contribution in [0.2, 0.25) is 0 Å². The molecule has 7 heteroatoms. The number of hydrogen-bond acceptors (Lipinski definition) is 3. The number of nitrogens with one attached hydrogen (secondary N) is 3. The minimum absolute atomic E-state index is 0.233. The summed E-state index contributed by atoms with van der Waals surface area (Å²) in [5, 5.41) is 0. The Morgan fingerprint density at radius 3 is 2.30 bits per heavy atom. The number of anilines is 1. The number of halogens is 1. The second kappa shape index (κ2) is 9.14. The van der Waals surface area contributed by atoms with E-state index in [2.05, 4.69) is 27.9 Å². The minimum atomic E-state index is -0.466. The van der Waals surface area contributed by atoms with Crippen LogP contribution in [-0.4, -0.2) is 44.5 Å². The monoisotopic (exact) mass is 371 g/mol. The topological polar surface area (TPSA) is 65.9 Å². The van der Waals surface area contributed by atoms with Gasteiger partial charge in [0.2, 0.25) is 5.91 Å². The maximum Gasteiger partial charge on any atom is 0.269 e. The van der Waals surface area contributed by atoms with Crippen LogP contribution in [0.15, 0.2) is 54.6 Å². The van der Waals surface area contributed by atoms with Gasteiger partial charge >= 0.3 is 0 Å². The van der Waals surface area contributed by atoms with E-state index in [4.69, 9.17) is 0 Å². The van der Waals surface area contributed by atoms with Gasteiger partial charge in [-0.05, 0) is 36.4 Å².